The minimum absolute atomic E-state index is 0.0535. The number of nitrogens with one attached hydrogen (secondary N) is 1. The highest BCUT2D eigenvalue weighted by molar-refractivity contribution is 7.09. The molecule has 0 unspecified atom stereocenters. The molecule has 0 bridgehead atoms. The number of hydrogen-bond acceptors (Lipinski definition) is 5. The number of carbonyl (C=O) groups is 1. The van der Waals surface area contributed by atoms with E-state index in [0.717, 1.165) is 4.88 Å². The third kappa shape index (κ3) is 2.70. The van der Waals surface area contributed by atoms with Crippen LogP contribution in [0.2, 0.25) is 0 Å². The van der Waals surface area contributed by atoms with E-state index in [1.165, 1.54) is 21.8 Å². The van der Waals surface area contributed by atoms with Crippen LogP contribution in [0.3, 0.4) is 0 Å². The van der Waals surface area contributed by atoms with Crippen LogP contribution in [-0.4, -0.2) is 25.2 Å². The van der Waals surface area contributed by atoms with Crippen LogP contribution in [0.25, 0.3) is 11.0 Å². The Morgan fingerprint density at radius 2 is 2.33 bits per heavy atom. The fraction of sp³-hybridized carbons (Fsp3) is 0.231. The van der Waals surface area contributed by atoms with E-state index in [9.17, 15) is 9.59 Å². The number of fused-ring (bicyclic) bond motifs is 1. The maximum atomic E-state index is 12.2. The summed E-state index contributed by atoms with van der Waals surface area (Å²) >= 11 is 1.57. The van der Waals surface area contributed by atoms with Gasteiger partial charge in [-0.1, -0.05) is 6.07 Å². The maximum absolute atomic E-state index is 12.2. The Morgan fingerprint density at radius 1 is 1.48 bits per heavy atom. The molecule has 0 spiro atoms. The first-order valence-electron chi connectivity index (χ1n) is 6.31. The van der Waals surface area contributed by atoms with Crippen molar-refractivity contribution in [2.24, 2.45) is 7.05 Å². The van der Waals surface area contributed by atoms with Gasteiger partial charge in [0.1, 0.15) is 18.3 Å². The highest BCUT2D eigenvalue weighted by Gasteiger charge is 2.10. The number of hydrogen-bond donors (Lipinski definition) is 1. The fourth-order valence-corrected chi connectivity index (χ4v) is 2.63. The van der Waals surface area contributed by atoms with E-state index in [0.29, 0.717) is 17.6 Å². The van der Waals surface area contributed by atoms with E-state index >= 15 is 0 Å². The summed E-state index contributed by atoms with van der Waals surface area (Å²) in [5.41, 5.74) is 0.245. The molecule has 108 valence electrons. The number of thiophene rings is 1. The summed E-state index contributed by atoms with van der Waals surface area (Å²) < 4.78 is 2.81. The monoisotopic (exact) mass is 303 g/mol. The Bertz CT molecular complexity index is 834. The standard InChI is InChI=1S/C13H13N5O2S/c1-17-12-10(6-16-17)13(20)18(8-15-12)7-11(19)14-5-9-3-2-4-21-9/h2-4,6,8H,5,7H2,1H3,(H,14,19). The molecule has 3 aromatic heterocycles. The van der Waals surface area contributed by atoms with Gasteiger partial charge in [0.15, 0.2) is 5.65 Å². The molecule has 3 heterocycles. The Hall–Kier alpha value is -2.48. The molecule has 0 aromatic carbocycles. The van der Waals surface area contributed by atoms with E-state index in [1.807, 2.05) is 17.5 Å². The van der Waals surface area contributed by atoms with Gasteiger partial charge in [-0.3, -0.25) is 18.8 Å². The Morgan fingerprint density at radius 3 is 3.10 bits per heavy atom. The van der Waals surface area contributed by atoms with Crippen molar-refractivity contribution in [2.45, 2.75) is 13.1 Å². The molecular formula is C13H13N5O2S. The van der Waals surface area contributed by atoms with Gasteiger partial charge < -0.3 is 5.32 Å². The third-order valence-corrected chi connectivity index (χ3v) is 3.95. The van der Waals surface area contributed by atoms with Crippen molar-refractivity contribution in [3.05, 3.63) is 45.3 Å². The van der Waals surface area contributed by atoms with E-state index in [4.69, 9.17) is 0 Å². The lowest BCUT2D eigenvalue weighted by atomic mass is 10.4. The molecule has 1 N–H and O–H groups in total. The summed E-state index contributed by atoms with van der Waals surface area (Å²) in [7, 11) is 1.72. The van der Waals surface area contributed by atoms with Crippen molar-refractivity contribution >= 4 is 28.3 Å². The Balaban J connectivity index is 1.74. The molecule has 0 aliphatic carbocycles. The van der Waals surface area contributed by atoms with Crippen molar-refractivity contribution in [1.29, 1.82) is 0 Å². The summed E-state index contributed by atoms with van der Waals surface area (Å²) in [4.78, 5) is 29.3. The Labute approximate surface area is 123 Å². The van der Waals surface area contributed by atoms with Crippen molar-refractivity contribution in [3.8, 4) is 0 Å². The molecule has 0 atom stereocenters. The van der Waals surface area contributed by atoms with Crippen molar-refractivity contribution < 1.29 is 4.79 Å². The van der Waals surface area contributed by atoms with Gasteiger partial charge >= 0.3 is 0 Å². The number of aryl methyl sites for hydroxylation is 1. The van der Waals surface area contributed by atoms with Crippen LogP contribution in [0, 0.1) is 0 Å². The number of rotatable bonds is 4. The summed E-state index contributed by atoms with van der Waals surface area (Å²) in [5, 5.41) is 9.12. The van der Waals surface area contributed by atoms with Crippen LogP contribution in [0.4, 0.5) is 0 Å². The largest absolute Gasteiger partial charge is 0.350 e. The molecule has 0 aliphatic rings. The number of nitrogens with zero attached hydrogens (tertiary/aromatic N) is 4. The SMILES string of the molecule is Cn1ncc2c(=O)n(CC(=O)NCc3cccs3)cnc21. The Kier molecular flexibility index (Phi) is 3.53. The second-order valence-corrected chi connectivity index (χ2v) is 5.57. The highest BCUT2D eigenvalue weighted by atomic mass is 32.1. The topological polar surface area (TPSA) is 81.8 Å². The summed E-state index contributed by atoms with van der Waals surface area (Å²) in [6.45, 7) is 0.413. The van der Waals surface area contributed by atoms with Gasteiger partial charge in [0.25, 0.3) is 5.56 Å². The van der Waals surface area contributed by atoms with E-state index in [2.05, 4.69) is 15.4 Å². The van der Waals surface area contributed by atoms with Crippen LogP contribution < -0.4 is 10.9 Å². The van der Waals surface area contributed by atoms with Gasteiger partial charge in [0.05, 0.1) is 12.7 Å². The van der Waals surface area contributed by atoms with E-state index < -0.39 is 0 Å². The fourth-order valence-electron chi connectivity index (χ4n) is 1.99. The lowest BCUT2D eigenvalue weighted by Crippen LogP contribution is -2.32. The first-order valence-corrected chi connectivity index (χ1v) is 7.19. The molecule has 21 heavy (non-hydrogen) atoms. The number of carbonyl (C=O) groups excluding carboxylic acids is 1. The molecule has 3 rings (SSSR count). The summed E-state index contributed by atoms with van der Waals surface area (Å²) in [5.74, 6) is -0.226. The van der Waals surface area contributed by atoms with Gasteiger partial charge in [-0.25, -0.2) is 4.98 Å². The smallest absolute Gasteiger partial charge is 0.264 e. The van der Waals surface area contributed by atoms with Gasteiger partial charge in [-0.2, -0.15) is 5.10 Å². The minimum Gasteiger partial charge on any atom is -0.350 e. The number of aromatic nitrogens is 4. The predicted octanol–water partition coefficient (Wildman–Crippen LogP) is 0.508. The second-order valence-electron chi connectivity index (χ2n) is 4.54. The van der Waals surface area contributed by atoms with Gasteiger partial charge in [-0.15, -0.1) is 11.3 Å². The normalized spacial score (nSPS) is 10.9. The first kappa shape index (κ1) is 13.5. The molecule has 0 radical (unpaired) electrons. The zero-order valence-corrected chi connectivity index (χ0v) is 12.1. The van der Waals surface area contributed by atoms with E-state index in [1.54, 1.807) is 18.4 Å². The average Bonchev–Trinajstić information content (AvgIpc) is 3.10. The predicted molar refractivity (Wildman–Crippen MR) is 78.9 cm³/mol. The first-order chi connectivity index (χ1) is 10.1. The van der Waals surface area contributed by atoms with Crippen molar-refractivity contribution in [3.63, 3.8) is 0 Å². The van der Waals surface area contributed by atoms with Crippen LogP contribution in [0.15, 0.2) is 34.8 Å². The molecule has 3 aromatic rings. The molecule has 0 aliphatic heterocycles. The minimum atomic E-state index is -0.264. The third-order valence-electron chi connectivity index (χ3n) is 3.07. The summed E-state index contributed by atoms with van der Waals surface area (Å²) in [6.07, 6.45) is 2.84. The average molecular weight is 303 g/mol. The molecule has 0 fully saturated rings. The van der Waals surface area contributed by atoms with Crippen molar-refractivity contribution in [1.82, 2.24) is 24.6 Å². The molecule has 0 saturated heterocycles. The quantitative estimate of drug-likeness (QED) is 0.761. The molecular weight excluding hydrogens is 290 g/mol. The second kappa shape index (κ2) is 5.49. The number of amides is 1. The summed E-state index contributed by atoms with van der Waals surface area (Å²) in [6, 6.07) is 3.87. The van der Waals surface area contributed by atoms with Gasteiger partial charge in [0.2, 0.25) is 5.91 Å². The molecule has 1 amide bonds. The van der Waals surface area contributed by atoms with Crippen LogP contribution in [-0.2, 0) is 24.9 Å². The van der Waals surface area contributed by atoms with Crippen molar-refractivity contribution in [2.75, 3.05) is 0 Å². The maximum Gasteiger partial charge on any atom is 0.264 e. The molecule has 0 saturated carbocycles. The van der Waals surface area contributed by atoms with E-state index in [-0.39, 0.29) is 18.0 Å². The van der Waals surface area contributed by atoms with Gasteiger partial charge in [0, 0.05) is 11.9 Å². The zero-order chi connectivity index (χ0) is 14.8. The molecule has 8 heteroatoms. The highest BCUT2D eigenvalue weighted by Crippen LogP contribution is 2.07. The van der Waals surface area contributed by atoms with Crippen LogP contribution in [0.1, 0.15) is 4.88 Å². The molecule has 7 nitrogen and oxygen atoms in total. The van der Waals surface area contributed by atoms with Gasteiger partial charge in [-0.05, 0) is 11.4 Å². The lowest BCUT2D eigenvalue weighted by molar-refractivity contribution is -0.121. The zero-order valence-electron chi connectivity index (χ0n) is 11.3. The van der Waals surface area contributed by atoms with Crippen LogP contribution >= 0.6 is 11.3 Å². The lowest BCUT2D eigenvalue weighted by Gasteiger charge is -2.06. The van der Waals surface area contributed by atoms with Crippen LogP contribution in [0.5, 0.6) is 0 Å².